The van der Waals surface area contributed by atoms with Gasteiger partial charge < -0.3 is 9.47 Å². The summed E-state index contributed by atoms with van der Waals surface area (Å²) >= 11 is 12.0. The first-order valence-corrected chi connectivity index (χ1v) is 12.5. The van der Waals surface area contributed by atoms with Gasteiger partial charge in [0.05, 0.1) is 12.3 Å². The van der Waals surface area contributed by atoms with E-state index in [9.17, 15) is 14.4 Å². The van der Waals surface area contributed by atoms with Crippen molar-refractivity contribution in [2.24, 2.45) is 0 Å². The van der Waals surface area contributed by atoms with Gasteiger partial charge in [0.15, 0.2) is 11.5 Å². The number of barbiturate groups is 1. The van der Waals surface area contributed by atoms with Gasteiger partial charge in [-0.2, -0.15) is 0 Å². The number of rotatable bonds is 9. The average molecular weight is 551 g/mol. The Balaban J connectivity index is 1.71. The molecule has 0 aliphatic carbocycles. The standard InChI is InChI=1S/C29H24Cl2N2O5/c1-3-6-20-13-19(16-25(37-4-2)26(20)38-17-18-7-5-8-22(31)14-18)15-24-27(34)32-29(36)33(28(24)35)23-11-9-21(30)10-12-23/h3,5,7-16H,1,4,6,17H2,2H3,(H,32,34,36)/b24-15+. The van der Waals surface area contributed by atoms with Crippen LogP contribution >= 0.6 is 23.2 Å². The van der Waals surface area contributed by atoms with E-state index in [1.807, 2.05) is 25.1 Å². The third kappa shape index (κ3) is 6.07. The molecule has 0 aromatic heterocycles. The maximum Gasteiger partial charge on any atom is 0.335 e. The molecule has 0 radical (unpaired) electrons. The van der Waals surface area contributed by atoms with Crippen LogP contribution in [-0.4, -0.2) is 24.5 Å². The zero-order valence-electron chi connectivity index (χ0n) is 20.5. The largest absolute Gasteiger partial charge is 0.490 e. The molecular weight excluding hydrogens is 527 g/mol. The van der Waals surface area contributed by atoms with E-state index in [0.717, 1.165) is 16.0 Å². The highest BCUT2D eigenvalue weighted by atomic mass is 35.5. The molecule has 194 valence electrons. The summed E-state index contributed by atoms with van der Waals surface area (Å²) in [4.78, 5) is 39.3. The highest BCUT2D eigenvalue weighted by molar-refractivity contribution is 6.39. The quantitative estimate of drug-likeness (QED) is 0.190. The number of carbonyl (C=O) groups excluding carboxylic acids is 3. The Labute approximate surface area is 230 Å². The van der Waals surface area contributed by atoms with Gasteiger partial charge in [-0.1, -0.05) is 41.4 Å². The lowest BCUT2D eigenvalue weighted by Gasteiger charge is -2.26. The molecule has 0 saturated carbocycles. The van der Waals surface area contributed by atoms with Crippen molar-refractivity contribution < 1.29 is 23.9 Å². The Kier molecular flexibility index (Phi) is 8.51. The predicted molar refractivity (Wildman–Crippen MR) is 148 cm³/mol. The number of amides is 4. The topological polar surface area (TPSA) is 84.9 Å². The second-order valence-electron chi connectivity index (χ2n) is 8.29. The van der Waals surface area contributed by atoms with E-state index in [1.165, 1.54) is 18.2 Å². The number of anilines is 1. The Morgan fingerprint density at radius 2 is 1.74 bits per heavy atom. The molecule has 3 aromatic rings. The van der Waals surface area contributed by atoms with Crippen LogP contribution in [0.3, 0.4) is 0 Å². The molecule has 0 atom stereocenters. The van der Waals surface area contributed by atoms with Gasteiger partial charge in [0, 0.05) is 15.6 Å². The van der Waals surface area contributed by atoms with Gasteiger partial charge >= 0.3 is 6.03 Å². The van der Waals surface area contributed by atoms with Crippen molar-refractivity contribution in [3.63, 3.8) is 0 Å². The van der Waals surface area contributed by atoms with Crippen molar-refractivity contribution in [1.82, 2.24) is 5.32 Å². The Morgan fingerprint density at radius 3 is 2.42 bits per heavy atom. The second kappa shape index (κ2) is 12.0. The van der Waals surface area contributed by atoms with Gasteiger partial charge in [0.2, 0.25) is 0 Å². The van der Waals surface area contributed by atoms with Crippen molar-refractivity contribution in [1.29, 1.82) is 0 Å². The van der Waals surface area contributed by atoms with Gasteiger partial charge in [-0.15, -0.1) is 6.58 Å². The minimum atomic E-state index is -0.841. The average Bonchev–Trinajstić information content (AvgIpc) is 2.87. The first-order chi connectivity index (χ1) is 18.3. The number of benzene rings is 3. The van der Waals surface area contributed by atoms with Crippen LogP contribution in [0.1, 0.15) is 23.6 Å². The zero-order chi connectivity index (χ0) is 27.2. The van der Waals surface area contributed by atoms with Gasteiger partial charge in [0.1, 0.15) is 12.2 Å². The summed E-state index contributed by atoms with van der Waals surface area (Å²) in [6.07, 6.45) is 3.58. The molecule has 4 amide bonds. The van der Waals surface area contributed by atoms with Gasteiger partial charge in [-0.3, -0.25) is 14.9 Å². The molecule has 0 unspecified atom stereocenters. The van der Waals surface area contributed by atoms with E-state index in [4.69, 9.17) is 32.7 Å². The molecule has 1 fully saturated rings. The van der Waals surface area contributed by atoms with Gasteiger partial charge in [0.25, 0.3) is 11.8 Å². The summed E-state index contributed by atoms with van der Waals surface area (Å²) in [6.45, 7) is 6.28. The maximum atomic E-state index is 13.3. The van der Waals surface area contributed by atoms with E-state index in [-0.39, 0.29) is 17.9 Å². The monoisotopic (exact) mass is 550 g/mol. The van der Waals surface area contributed by atoms with Crippen LogP contribution in [0.2, 0.25) is 10.0 Å². The van der Waals surface area contributed by atoms with Crippen molar-refractivity contribution >= 4 is 52.8 Å². The molecule has 9 heteroatoms. The summed E-state index contributed by atoms with van der Waals surface area (Å²) < 4.78 is 12.0. The summed E-state index contributed by atoms with van der Waals surface area (Å²) in [5, 5.41) is 3.27. The number of urea groups is 1. The summed E-state index contributed by atoms with van der Waals surface area (Å²) in [5.74, 6) is -0.596. The molecule has 0 spiro atoms. The first-order valence-electron chi connectivity index (χ1n) is 11.8. The number of nitrogens with one attached hydrogen (secondary N) is 1. The number of allylic oxidation sites excluding steroid dienone is 1. The third-order valence-corrected chi connectivity index (χ3v) is 6.07. The van der Waals surface area contributed by atoms with E-state index >= 15 is 0 Å². The lowest BCUT2D eigenvalue weighted by atomic mass is 10.0. The fraction of sp³-hybridized carbons (Fsp3) is 0.138. The normalized spacial score (nSPS) is 14.4. The van der Waals surface area contributed by atoms with E-state index in [1.54, 1.807) is 36.4 Å². The molecule has 1 heterocycles. The van der Waals surface area contributed by atoms with Crippen LogP contribution in [0.25, 0.3) is 6.08 Å². The Bertz CT molecular complexity index is 1430. The van der Waals surface area contributed by atoms with E-state index < -0.39 is 17.8 Å². The Morgan fingerprint density at radius 1 is 0.974 bits per heavy atom. The second-order valence-corrected chi connectivity index (χ2v) is 9.16. The van der Waals surface area contributed by atoms with Gasteiger partial charge in [-0.05, 0) is 79.1 Å². The van der Waals surface area contributed by atoms with Crippen molar-refractivity contribution in [3.8, 4) is 11.5 Å². The van der Waals surface area contributed by atoms with E-state index in [0.29, 0.717) is 40.1 Å². The minimum absolute atomic E-state index is 0.209. The molecular formula is C29H24Cl2N2O5. The molecule has 1 saturated heterocycles. The molecule has 7 nitrogen and oxygen atoms in total. The van der Waals surface area contributed by atoms with Crippen molar-refractivity contribution in [2.45, 2.75) is 20.0 Å². The van der Waals surface area contributed by atoms with E-state index in [2.05, 4.69) is 11.9 Å². The number of ether oxygens (including phenoxy) is 2. The fourth-order valence-electron chi connectivity index (χ4n) is 3.93. The van der Waals surface area contributed by atoms with Crippen LogP contribution in [0.4, 0.5) is 10.5 Å². The predicted octanol–water partition coefficient (Wildman–Crippen LogP) is 6.37. The third-order valence-electron chi connectivity index (χ3n) is 5.59. The zero-order valence-corrected chi connectivity index (χ0v) is 22.0. The first kappa shape index (κ1) is 27.0. The lowest BCUT2D eigenvalue weighted by molar-refractivity contribution is -0.122. The van der Waals surface area contributed by atoms with Crippen LogP contribution in [0.15, 0.2) is 78.9 Å². The maximum absolute atomic E-state index is 13.3. The smallest absolute Gasteiger partial charge is 0.335 e. The number of halogens is 2. The van der Waals surface area contributed by atoms with Crippen molar-refractivity contribution in [2.75, 3.05) is 11.5 Å². The molecule has 38 heavy (non-hydrogen) atoms. The SMILES string of the molecule is C=CCc1cc(/C=C2\C(=O)NC(=O)N(c3ccc(Cl)cc3)C2=O)cc(OCC)c1OCc1cccc(Cl)c1. The molecule has 3 aromatic carbocycles. The highest BCUT2D eigenvalue weighted by Crippen LogP contribution is 2.36. The number of hydrogen-bond acceptors (Lipinski definition) is 5. The fourth-order valence-corrected chi connectivity index (χ4v) is 4.27. The molecule has 1 aliphatic rings. The van der Waals surface area contributed by atoms with Gasteiger partial charge in [-0.25, -0.2) is 9.69 Å². The lowest BCUT2D eigenvalue weighted by Crippen LogP contribution is -2.54. The van der Waals surface area contributed by atoms with Crippen molar-refractivity contribution in [3.05, 3.63) is 106 Å². The van der Waals surface area contributed by atoms with Crippen LogP contribution < -0.4 is 19.7 Å². The summed E-state index contributed by atoms with van der Waals surface area (Å²) in [5.41, 5.74) is 2.21. The molecule has 1 N–H and O–H groups in total. The Hall–Kier alpha value is -4.07. The summed E-state index contributed by atoms with van der Waals surface area (Å²) in [7, 11) is 0. The molecule has 0 bridgehead atoms. The number of nitrogens with zero attached hydrogens (tertiary/aromatic N) is 1. The number of imide groups is 2. The molecule has 4 rings (SSSR count). The van der Waals surface area contributed by atoms with Crippen LogP contribution in [-0.2, 0) is 22.6 Å². The summed E-state index contributed by atoms with van der Waals surface area (Å²) in [6, 6.07) is 16.1. The number of hydrogen-bond donors (Lipinski definition) is 1. The van der Waals surface area contributed by atoms with Crippen LogP contribution in [0.5, 0.6) is 11.5 Å². The van der Waals surface area contributed by atoms with Crippen LogP contribution in [0, 0.1) is 0 Å². The number of carbonyl (C=O) groups is 3. The highest BCUT2D eigenvalue weighted by Gasteiger charge is 2.36. The minimum Gasteiger partial charge on any atom is -0.490 e. The molecule has 1 aliphatic heterocycles.